The summed E-state index contributed by atoms with van der Waals surface area (Å²) >= 11 is 5.66. The highest BCUT2D eigenvalue weighted by Gasteiger charge is 2.18. The van der Waals surface area contributed by atoms with Crippen LogP contribution >= 0.6 is 12.2 Å². The van der Waals surface area contributed by atoms with Gasteiger partial charge in [0.25, 0.3) is 5.56 Å². The van der Waals surface area contributed by atoms with Crippen molar-refractivity contribution in [1.29, 1.82) is 0 Å². The summed E-state index contributed by atoms with van der Waals surface area (Å²) in [7, 11) is 4.24. The Hall–Kier alpha value is -1.96. The van der Waals surface area contributed by atoms with Crippen molar-refractivity contribution in [2.75, 3.05) is 40.3 Å². The molecule has 0 amide bonds. The first-order valence-electron chi connectivity index (χ1n) is 9.98. The molecular formula is C21H31N4O2S+. The molecule has 6 nitrogen and oxygen atoms in total. The number of benzene rings is 1. The predicted octanol–water partition coefficient (Wildman–Crippen LogP) is 0.837. The third-order valence-electron chi connectivity index (χ3n) is 5.11. The smallest absolute Gasteiger partial charge is 0.253 e. The number of quaternary nitrogens is 1. The van der Waals surface area contributed by atoms with Crippen LogP contribution in [0.15, 0.2) is 29.1 Å². The number of hydrogen-bond donors (Lipinski definition) is 3. The number of aromatic nitrogens is 1. The minimum absolute atomic E-state index is 0.0551. The molecule has 1 atom stereocenters. The van der Waals surface area contributed by atoms with Crippen molar-refractivity contribution >= 4 is 28.2 Å². The van der Waals surface area contributed by atoms with Crippen molar-refractivity contribution in [3.8, 4) is 0 Å². The number of hydrogen-bond acceptors (Lipinski definition) is 3. The van der Waals surface area contributed by atoms with Crippen LogP contribution in [0.3, 0.4) is 0 Å². The molecule has 0 saturated carbocycles. The highest BCUT2D eigenvalue weighted by Crippen LogP contribution is 2.14. The summed E-state index contributed by atoms with van der Waals surface area (Å²) < 4.78 is 5.68. The first kappa shape index (κ1) is 20.8. The number of nitrogens with one attached hydrogen (secondary N) is 3. The van der Waals surface area contributed by atoms with E-state index in [0.717, 1.165) is 55.5 Å². The first-order valence-corrected chi connectivity index (χ1v) is 10.4. The number of fused-ring (bicyclic) bond motifs is 1. The van der Waals surface area contributed by atoms with Gasteiger partial charge in [0.15, 0.2) is 5.11 Å². The second-order valence-electron chi connectivity index (χ2n) is 7.91. The van der Waals surface area contributed by atoms with E-state index in [4.69, 9.17) is 17.0 Å². The third kappa shape index (κ3) is 5.53. The Morgan fingerprint density at radius 1 is 1.39 bits per heavy atom. The van der Waals surface area contributed by atoms with E-state index in [1.54, 1.807) is 0 Å². The van der Waals surface area contributed by atoms with Crippen LogP contribution in [-0.4, -0.2) is 61.4 Å². The fourth-order valence-corrected chi connectivity index (χ4v) is 3.66. The van der Waals surface area contributed by atoms with Gasteiger partial charge < -0.3 is 24.8 Å². The number of aryl methyl sites for hydroxylation is 1. The van der Waals surface area contributed by atoms with Gasteiger partial charge in [-0.1, -0.05) is 11.6 Å². The van der Waals surface area contributed by atoms with Crippen LogP contribution in [0.2, 0.25) is 0 Å². The molecule has 0 radical (unpaired) electrons. The second-order valence-corrected chi connectivity index (χ2v) is 8.30. The van der Waals surface area contributed by atoms with Gasteiger partial charge in [-0.2, -0.15) is 0 Å². The Bertz CT molecular complexity index is 874. The zero-order valence-corrected chi connectivity index (χ0v) is 17.8. The Labute approximate surface area is 171 Å². The Morgan fingerprint density at radius 3 is 2.93 bits per heavy atom. The van der Waals surface area contributed by atoms with Gasteiger partial charge in [-0.3, -0.25) is 4.79 Å². The largest absolute Gasteiger partial charge is 0.376 e. The number of likely N-dealkylation sites (N-methyl/N-ethyl adjacent to an activating group) is 1. The van der Waals surface area contributed by atoms with E-state index in [-0.39, 0.29) is 11.7 Å². The molecular weight excluding hydrogens is 372 g/mol. The van der Waals surface area contributed by atoms with Crippen LogP contribution in [0.25, 0.3) is 10.9 Å². The summed E-state index contributed by atoms with van der Waals surface area (Å²) in [6, 6.07) is 8.04. The van der Waals surface area contributed by atoms with Gasteiger partial charge in [0.05, 0.1) is 39.8 Å². The lowest BCUT2D eigenvalue weighted by molar-refractivity contribution is -0.857. The number of pyridine rings is 1. The molecule has 28 heavy (non-hydrogen) atoms. The van der Waals surface area contributed by atoms with Crippen molar-refractivity contribution in [2.24, 2.45) is 0 Å². The second kappa shape index (κ2) is 9.49. The monoisotopic (exact) mass is 403 g/mol. The third-order valence-corrected chi connectivity index (χ3v) is 5.51. The van der Waals surface area contributed by atoms with E-state index in [9.17, 15) is 4.79 Å². The molecule has 0 bridgehead atoms. The van der Waals surface area contributed by atoms with Gasteiger partial charge in [-0.05, 0) is 55.6 Å². The van der Waals surface area contributed by atoms with Gasteiger partial charge in [-0.25, -0.2) is 0 Å². The number of rotatable bonds is 7. The minimum Gasteiger partial charge on any atom is -0.376 e. The summed E-state index contributed by atoms with van der Waals surface area (Å²) in [4.78, 5) is 19.0. The number of thiocarbonyl (C=S) groups is 1. The summed E-state index contributed by atoms with van der Waals surface area (Å²) in [5.41, 5.74) is 2.71. The predicted molar refractivity (Wildman–Crippen MR) is 117 cm³/mol. The molecule has 1 aliphatic rings. The van der Waals surface area contributed by atoms with Crippen LogP contribution in [0, 0.1) is 6.92 Å². The molecule has 0 aliphatic carbocycles. The maximum Gasteiger partial charge on any atom is 0.253 e. The van der Waals surface area contributed by atoms with Gasteiger partial charge >= 0.3 is 0 Å². The molecule has 2 aromatic rings. The lowest BCUT2D eigenvalue weighted by Gasteiger charge is -2.27. The maximum atomic E-state index is 12.6. The van der Waals surface area contributed by atoms with Crippen molar-refractivity contribution < 1.29 is 9.64 Å². The standard InChI is InChI=1S/C21H30N4O2S/c1-15-6-7-19-16(11-15)12-17(20(26)23-19)14-25(9-8-24(2)3)21(28)22-13-18-5-4-10-27-18/h6-7,11-12,18H,4-5,8-10,13-14H2,1-3H3,(H,22,28)(H,23,26)/p+1/t18-/m0/s1. The van der Waals surface area contributed by atoms with E-state index >= 15 is 0 Å². The molecule has 1 aliphatic heterocycles. The molecule has 2 heterocycles. The molecule has 1 fully saturated rings. The molecule has 152 valence electrons. The first-order chi connectivity index (χ1) is 13.4. The van der Waals surface area contributed by atoms with Gasteiger partial charge in [0.2, 0.25) is 0 Å². The Morgan fingerprint density at radius 2 is 2.21 bits per heavy atom. The van der Waals surface area contributed by atoms with Gasteiger partial charge in [0, 0.05) is 24.2 Å². The van der Waals surface area contributed by atoms with E-state index in [2.05, 4.69) is 42.3 Å². The summed E-state index contributed by atoms with van der Waals surface area (Å²) in [6.07, 6.45) is 2.41. The van der Waals surface area contributed by atoms with E-state index in [1.807, 2.05) is 18.2 Å². The van der Waals surface area contributed by atoms with Crippen molar-refractivity contribution in [3.63, 3.8) is 0 Å². The van der Waals surface area contributed by atoms with Crippen LogP contribution in [0.1, 0.15) is 24.0 Å². The van der Waals surface area contributed by atoms with Gasteiger partial charge in [0.1, 0.15) is 0 Å². The maximum absolute atomic E-state index is 12.6. The van der Waals surface area contributed by atoms with Gasteiger partial charge in [-0.15, -0.1) is 0 Å². The highest BCUT2D eigenvalue weighted by molar-refractivity contribution is 7.80. The topological polar surface area (TPSA) is 61.8 Å². The number of ether oxygens (including phenoxy) is 1. The molecule has 3 rings (SSSR count). The lowest BCUT2D eigenvalue weighted by Crippen LogP contribution is -3.06. The molecule has 0 unspecified atom stereocenters. The summed E-state index contributed by atoms with van der Waals surface area (Å²) in [6.45, 7) is 5.82. The summed E-state index contributed by atoms with van der Waals surface area (Å²) in [5.74, 6) is 0. The van der Waals surface area contributed by atoms with Crippen LogP contribution in [0.4, 0.5) is 0 Å². The number of nitrogens with zero attached hydrogens (tertiary/aromatic N) is 1. The average Bonchev–Trinajstić information content (AvgIpc) is 3.17. The zero-order valence-electron chi connectivity index (χ0n) is 17.0. The van der Waals surface area contributed by atoms with E-state index in [0.29, 0.717) is 11.7 Å². The lowest BCUT2D eigenvalue weighted by atomic mass is 10.1. The molecule has 7 heteroatoms. The van der Waals surface area contributed by atoms with Crippen molar-refractivity contribution in [3.05, 3.63) is 45.7 Å². The molecule has 1 aromatic heterocycles. The molecule has 3 N–H and O–H groups in total. The Balaban J connectivity index is 1.75. The normalized spacial score (nSPS) is 16.6. The highest BCUT2D eigenvalue weighted by atomic mass is 32.1. The van der Waals surface area contributed by atoms with Crippen LogP contribution in [0.5, 0.6) is 0 Å². The average molecular weight is 404 g/mol. The fourth-order valence-electron chi connectivity index (χ4n) is 3.42. The fraction of sp³-hybridized carbons (Fsp3) is 0.524. The summed E-state index contributed by atoms with van der Waals surface area (Å²) in [5, 5.41) is 5.07. The van der Waals surface area contributed by atoms with E-state index in [1.165, 1.54) is 10.5 Å². The molecule has 0 spiro atoms. The Kier molecular flexibility index (Phi) is 7.04. The van der Waals surface area contributed by atoms with Crippen LogP contribution < -0.4 is 15.8 Å². The number of H-pyrrole nitrogens is 1. The van der Waals surface area contributed by atoms with Crippen molar-refractivity contribution in [2.45, 2.75) is 32.4 Å². The van der Waals surface area contributed by atoms with Crippen molar-refractivity contribution in [1.82, 2.24) is 15.2 Å². The number of aromatic amines is 1. The SMILES string of the molecule is Cc1ccc2[nH]c(=O)c(CN(CC[NH+](C)C)C(=S)NC[C@@H]3CCCO3)cc2c1. The van der Waals surface area contributed by atoms with E-state index < -0.39 is 0 Å². The quantitative estimate of drug-likeness (QED) is 0.598. The molecule has 1 saturated heterocycles. The minimum atomic E-state index is -0.0551. The molecule has 1 aromatic carbocycles. The van der Waals surface area contributed by atoms with Crippen LogP contribution in [-0.2, 0) is 11.3 Å². The zero-order chi connectivity index (χ0) is 20.1.